The quantitative estimate of drug-likeness (QED) is 0.670. The van der Waals surface area contributed by atoms with Crippen molar-refractivity contribution in [2.24, 2.45) is 0 Å². The van der Waals surface area contributed by atoms with Crippen LogP contribution in [-0.2, 0) is 4.74 Å². The van der Waals surface area contributed by atoms with Gasteiger partial charge in [0.05, 0.1) is 37.3 Å². The molecule has 0 aliphatic carbocycles. The molecule has 1 aromatic heterocycles. The highest BCUT2D eigenvalue weighted by Gasteiger charge is 2.25. The molecule has 0 N–H and O–H groups in total. The number of methoxy groups -OCH3 is 1. The van der Waals surface area contributed by atoms with Crippen LogP contribution in [0.5, 0.6) is 5.75 Å². The number of rotatable bonds is 4. The molecule has 4 rings (SSSR count). The summed E-state index contributed by atoms with van der Waals surface area (Å²) >= 11 is 0. The highest BCUT2D eigenvalue weighted by molar-refractivity contribution is 5.97. The first-order valence-electron chi connectivity index (χ1n) is 9.59. The van der Waals surface area contributed by atoms with Crippen molar-refractivity contribution in [3.8, 4) is 22.7 Å². The van der Waals surface area contributed by atoms with E-state index < -0.39 is 0 Å². The lowest BCUT2D eigenvalue weighted by atomic mass is 10.1. The van der Waals surface area contributed by atoms with Gasteiger partial charge in [-0.25, -0.2) is 4.39 Å². The van der Waals surface area contributed by atoms with Gasteiger partial charge in [-0.1, -0.05) is 24.3 Å². The Hall–Kier alpha value is -3.12. The highest BCUT2D eigenvalue weighted by Crippen LogP contribution is 2.33. The summed E-state index contributed by atoms with van der Waals surface area (Å²) in [5.74, 6) is 0.285. The number of hydrogen-bond acceptors (Lipinski definition) is 3. The molecule has 0 atom stereocenters. The van der Waals surface area contributed by atoms with Crippen LogP contribution in [0.1, 0.15) is 16.1 Å². The largest absolute Gasteiger partial charge is 0.497 e. The third-order valence-corrected chi connectivity index (χ3v) is 5.23. The van der Waals surface area contributed by atoms with E-state index >= 15 is 0 Å². The maximum atomic E-state index is 14.7. The smallest absolute Gasteiger partial charge is 0.255 e. The van der Waals surface area contributed by atoms with Crippen molar-refractivity contribution < 1.29 is 18.7 Å². The van der Waals surface area contributed by atoms with Crippen molar-refractivity contribution in [1.82, 2.24) is 9.47 Å². The molecule has 2 aromatic carbocycles. The number of carbonyl (C=O) groups excluding carboxylic acids is 1. The molecule has 0 bridgehead atoms. The van der Waals surface area contributed by atoms with Crippen LogP contribution in [0.15, 0.2) is 54.6 Å². The van der Waals surface area contributed by atoms with E-state index in [-0.39, 0.29) is 11.7 Å². The van der Waals surface area contributed by atoms with Crippen molar-refractivity contribution in [3.05, 3.63) is 71.7 Å². The second-order valence-corrected chi connectivity index (χ2v) is 6.95. The average molecular weight is 394 g/mol. The third kappa shape index (κ3) is 3.63. The van der Waals surface area contributed by atoms with E-state index in [1.807, 2.05) is 37.3 Å². The molecule has 3 aromatic rings. The van der Waals surface area contributed by atoms with Gasteiger partial charge >= 0.3 is 0 Å². The van der Waals surface area contributed by atoms with Crippen LogP contribution in [-0.4, -0.2) is 48.8 Å². The average Bonchev–Trinajstić information content (AvgIpc) is 3.11. The number of carbonyl (C=O) groups is 1. The maximum Gasteiger partial charge on any atom is 0.255 e. The Morgan fingerprint density at radius 2 is 1.83 bits per heavy atom. The minimum atomic E-state index is -0.347. The number of ether oxygens (including phenoxy) is 2. The Morgan fingerprint density at radius 3 is 2.55 bits per heavy atom. The standard InChI is InChI=1S/C23H23FN2O3/c1-16-19(23(27)25-10-12-29-13-11-25)15-22(17-6-5-7-18(14-17)28-2)26(16)21-9-4-3-8-20(21)24/h3-9,14-15H,10-13H2,1-2H3. The number of halogens is 1. The fraction of sp³-hybridized carbons (Fsp3) is 0.261. The van der Waals surface area contributed by atoms with Gasteiger partial charge in [0.15, 0.2) is 0 Å². The fourth-order valence-corrected chi connectivity index (χ4v) is 3.70. The van der Waals surface area contributed by atoms with Crippen molar-refractivity contribution in [2.75, 3.05) is 33.4 Å². The lowest BCUT2D eigenvalue weighted by molar-refractivity contribution is 0.0302. The molecule has 2 heterocycles. The van der Waals surface area contributed by atoms with Gasteiger partial charge in [-0.05, 0) is 37.3 Å². The molecule has 0 radical (unpaired) electrons. The van der Waals surface area contributed by atoms with Crippen LogP contribution in [0.25, 0.3) is 16.9 Å². The third-order valence-electron chi connectivity index (χ3n) is 5.23. The maximum absolute atomic E-state index is 14.7. The van der Waals surface area contributed by atoms with E-state index in [1.165, 1.54) is 6.07 Å². The van der Waals surface area contributed by atoms with E-state index in [4.69, 9.17) is 9.47 Å². The van der Waals surface area contributed by atoms with Gasteiger partial charge in [0.25, 0.3) is 5.91 Å². The molecular weight excluding hydrogens is 371 g/mol. The van der Waals surface area contributed by atoms with Crippen molar-refractivity contribution in [3.63, 3.8) is 0 Å². The first-order chi connectivity index (χ1) is 14.1. The lowest BCUT2D eigenvalue weighted by Crippen LogP contribution is -2.40. The molecule has 1 aliphatic rings. The van der Waals surface area contributed by atoms with Crippen molar-refractivity contribution in [2.45, 2.75) is 6.92 Å². The number of nitrogens with zero attached hydrogens (tertiary/aromatic N) is 2. The molecule has 1 fully saturated rings. The van der Waals surface area contributed by atoms with E-state index in [1.54, 1.807) is 34.8 Å². The molecule has 0 spiro atoms. The van der Waals surface area contributed by atoms with Crippen molar-refractivity contribution in [1.29, 1.82) is 0 Å². The van der Waals surface area contributed by atoms with E-state index in [0.717, 1.165) is 11.3 Å². The molecular formula is C23H23FN2O3. The Morgan fingerprint density at radius 1 is 1.07 bits per heavy atom. The summed E-state index contributed by atoms with van der Waals surface area (Å²) in [5, 5.41) is 0. The number of morpholine rings is 1. The predicted molar refractivity (Wildman–Crippen MR) is 109 cm³/mol. The molecule has 1 amide bonds. The van der Waals surface area contributed by atoms with Gasteiger partial charge in [-0.2, -0.15) is 0 Å². The second kappa shape index (κ2) is 8.09. The predicted octanol–water partition coefficient (Wildman–Crippen LogP) is 4.07. The van der Waals surface area contributed by atoms with Crippen molar-refractivity contribution >= 4 is 5.91 Å². The summed E-state index contributed by atoms with van der Waals surface area (Å²) in [7, 11) is 1.60. The SMILES string of the molecule is COc1cccc(-c2cc(C(=O)N3CCOCC3)c(C)n2-c2ccccc2F)c1. The number of amides is 1. The Bertz CT molecular complexity index is 1040. The number of hydrogen-bond donors (Lipinski definition) is 0. The van der Waals surface area contributed by atoms with Crippen LogP contribution in [0.4, 0.5) is 4.39 Å². The normalized spacial score (nSPS) is 14.1. The number of benzene rings is 2. The molecule has 150 valence electrons. The molecule has 0 saturated carbocycles. The van der Waals surface area contributed by atoms with Gasteiger partial charge < -0.3 is 18.9 Å². The van der Waals surface area contributed by atoms with Gasteiger partial charge in [-0.3, -0.25) is 4.79 Å². The summed E-state index contributed by atoms with van der Waals surface area (Å²) in [5.41, 5.74) is 3.25. The molecule has 29 heavy (non-hydrogen) atoms. The summed E-state index contributed by atoms with van der Waals surface area (Å²) in [6.07, 6.45) is 0. The van der Waals surface area contributed by atoms with Gasteiger partial charge in [0.1, 0.15) is 11.6 Å². The minimum absolute atomic E-state index is 0.0648. The molecule has 1 aliphatic heterocycles. The number of para-hydroxylation sites is 1. The van der Waals surface area contributed by atoms with Crippen LogP contribution < -0.4 is 4.74 Å². The fourth-order valence-electron chi connectivity index (χ4n) is 3.70. The van der Waals surface area contributed by atoms with Crippen LogP contribution in [0, 0.1) is 12.7 Å². The zero-order chi connectivity index (χ0) is 20.4. The second-order valence-electron chi connectivity index (χ2n) is 6.95. The van der Waals surface area contributed by atoms with E-state index in [9.17, 15) is 9.18 Å². The highest BCUT2D eigenvalue weighted by atomic mass is 19.1. The van der Waals surface area contributed by atoms with Crippen LogP contribution in [0.3, 0.4) is 0 Å². The summed E-state index contributed by atoms with van der Waals surface area (Å²) in [4.78, 5) is 15.0. The number of aromatic nitrogens is 1. The first-order valence-corrected chi connectivity index (χ1v) is 9.59. The Balaban J connectivity index is 1.89. The Labute approximate surface area is 169 Å². The zero-order valence-electron chi connectivity index (χ0n) is 16.5. The van der Waals surface area contributed by atoms with Crippen LogP contribution >= 0.6 is 0 Å². The first kappa shape index (κ1) is 19.2. The Kier molecular flexibility index (Phi) is 5.36. The summed E-state index contributed by atoms with van der Waals surface area (Å²) in [6.45, 7) is 4.02. The lowest BCUT2D eigenvalue weighted by Gasteiger charge is -2.26. The van der Waals surface area contributed by atoms with Gasteiger partial charge in [-0.15, -0.1) is 0 Å². The topological polar surface area (TPSA) is 43.7 Å². The van der Waals surface area contributed by atoms with Crippen LogP contribution in [0.2, 0.25) is 0 Å². The van der Waals surface area contributed by atoms with Gasteiger partial charge in [0.2, 0.25) is 0 Å². The molecule has 5 nitrogen and oxygen atoms in total. The monoisotopic (exact) mass is 394 g/mol. The van der Waals surface area contributed by atoms with E-state index in [2.05, 4.69) is 0 Å². The molecule has 1 saturated heterocycles. The summed E-state index contributed by atoms with van der Waals surface area (Å²) < 4.78 is 27.2. The van der Waals surface area contributed by atoms with Gasteiger partial charge in [0, 0.05) is 24.3 Å². The minimum Gasteiger partial charge on any atom is -0.497 e. The van der Waals surface area contributed by atoms with E-state index in [0.29, 0.717) is 49.0 Å². The zero-order valence-corrected chi connectivity index (χ0v) is 16.5. The molecule has 6 heteroatoms. The summed E-state index contributed by atoms with van der Waals surface area (Å²) in [6, 6.07) is 16.0. The molecule has 0 unspecified atom stereocenters.